The second-order valence-electron chi connectivity index (χ2n) is 6.46. The first-order valence-corrected chi connectivity index (χ1v) is 8.89. The number of rotatable bonds is 6. The quantitative estimate of drug-likeness (QED) is 0.629. The number of ether oxygens (including phenoxy) is 1. The lowest BCUT2D eigenvalue weighted by Gasteiger charge is -2.26. The summed E-state index contributed by atoms with van der Waals surface area (Å²) in [5, 5.41) is 2.75. The fourth-order valence-electron chi connectivity index (χ4n) is 3.09. The Morgan fingerprint density at radius 1 is 1.04 bits per heavy atom. The van der Waals surface area contributed by atoms with Gasteiger partial charge in [-0.3, -0.25) is 9.59 Å². The van der Waals surface area contributed by atoms with E-state index in [9.17, 15) is 14.4 Å². The molecule has 140 valence electrons. The lowest BCUT2D eigenvalue weighted by Crippen LogP contribution is -2.43. The first-order valence-electron chi connectivity index (χ1n) is 8.89. The van der Waals surface area contributed by atoms with E-state index in [1.54, 1.807) is 29.2 Å². The third-order valence-electron chi connectivity index (χ3n) is 4.80. The summed E-state index contributed by atoms with van der Waals surface area (Å²) < 4.78 is 4.76. The van der Waals surface area contributed by atoms with Gasteiger partial charge in [-0.1, -0.05) is 30.3 Å². The summed E-state index contributed by atoms with van der Waals surface area (Å²) in [5.74, 6) is -1.15. The highest BCUT2D eigenvalue weighted by atomic mass is 16.5. The van der Waals surface area contributed by atoms with Crippen LogP contribution in [0.4, 0.5) is 11.4 Å². The number of benzene rings is 2. The van der Waals surface area contributed by atoms with Crippen molar-refractivity contribution >= 4 is 29.2 Å². The Bertz CT molecular complexity index is 859. The number of hydrogen-bond acceptors (Lipinski definition) is 4. The van der Waals surface area contributed by atoms with Gasteiger partial charge in [0.25, 0.3) is 0 Å². The summed E-state index contributed by atoms with van der Waals surface area (Å²) in [5.41, 5.74) is 0.275. The van der Waals surface area contributed by atoms with Crippen LogP contribution in [0.5, 0.6) is 0 Å². The number of carbonyl (C=O) groups is 3. The number of methoxy groups -OCH3 is 1. The molecule has 0 aliphatic heterocycles. The topological polar surface area (TPSA) is 75.7 Å². The monoisotopic (exact) mass is 366 g/mol. The van der Waals surface area contributed by atoms with E-state index in [0.29, 0.717) is 25.1 Å². The zero-order valence-corrected chi connectivity index (χ0v) is 15.4. The SMILES string of the molecule is CCN(C(=O)C1(C(=O)Nc2ccccc2C(=O)OC)CC1)c1ccccc1. The van der Waals surface area contributed by atoms with E-state index in [0.717, 1.165) is 5.69 Å². The summed E-state index contributed by atoms with van der Waals surface area (Å²) in [7, 11) is 1.28. The van der Waals surface area contributed by atoms with E-state index in [4.69, 9.17) is 4.74 Å². The van der Waals surface area contributed by atoms with Crippen LogP contribution in [-0.2, 0) is 14.3 Å². The van der Waals surface area contributed by atoms with Crippen molar-refractivity contribution in [2.45, 2.75) is 19.8 Å². The van der Waals surface area contributed by atoms with E-state index < -0.39 is 17.3 Å². The summed E-state index contributed by atoms with van der Waals surface area (Å²) in [6, 6.07) is 15.9. The molecular formula is C21H22N2O4. The van der Waals surface area contributed by atoms with Crippen LogP contribution in [-0.4, -0.2) is 31.4 Å². The molecule has 3 rings (SSSR count). The van der Waals surface area contributed by atoms with Gasteiger partial charge in [0.15, 0.2) is 0 Å². The molecule has 0 bridgehead atoms. The molecule has 0 radical (unpaired) electrons. The predicted molar refractivity (Wildman–Crippen MR) is 103 cm³/mol. The summed E-state index contributed by atoms with van der Waals surface area (Å²) in [6.45, 7) is 2.35. The van der Waals surface area contributed by atoms with Gasteiger partial charge in [-0.15, -0.1) is 0 Å². The number of anilines is 2. The third kappa shape index (κ3) is 3.56. The number of para-hydroxylation sites is 2. The molecular weight excluding hydrogens is 344 g/mol. The second kappa shape index (κ2) is 7.61. The Hall–Kier alpha value is -3.15. The number of nitrogens with one attached hydrogen (secondary N) is 1. The third-order valence-corrected chi connectivity index (χ3v) is 4.80. The van der Waals surface area contributed by atoms with Gasteiger partial charge in [0.2, 0.25) is 11.8 Å². The fraction of sp³-hybridized carbons (Fsp3) is 0.286. The lowest BCUT2D eigenvalue weighted by molar-refractivity contribution is -0.132. The minimum atomic E-state index is -1.09. The van der Waals surface area contributed by atoms with E-state index in [1.165, 1.54) is 7.11 Å². The van der Waals surface area contributed by atoms with Gasteiger partial charge in [-0.2, -0.15) is 0 Å². The molecule has 2 amide bonds. The predicted octanol–water partition coefficient (Wildman–Crippen LogP) is 3.25. The minimum Gasteiger partial charge on any atom is -0.465 e. The molecule has 1 N–H and O–H groups in total. The molecule has 1 fully saturated rings. The van der Waals surface area contributed by atoms with Crippen molar-refractivity contribution in [3.8, 4) is 0 Å². The van der Waals surface area contributed by atoms with Crippen molar-refractivity contribution in [3.63, 3.8) is 0 Å². The maximum absolute atomic E-state index is 13.1. The molecule has 0 heterocycles. The summed E-state index contributed by atoms with van der Waals surface area (Å²) >= 11 is 0. The molecule has 6 heteroatoms. The highest BCUT2D eigenvalue weighted by molar-refractivity contribution is 6.18. The number of amides is 2. The molecule has 27 heavy (non-hydrogen) atoms. The van der Waals surface area contributed by atoms with Gasteiger partial charge >= 0.3 is 5.97 Å². The van der Waals surface area contributed by atoms with E-state index >= 15 is 0 Å². The Kier molecular flexibility index (Phi) is 5.26. The largest absolute Gasteiger partial charge is 0.465 e. The van der Waals surface area contributed by atoms with Crippen LogP contribution >= 0.6 is 0 Å². The Morgan fingerprint density at radius 3 is 2.26 bits per heavy atom. The van der Waals surface area contributed by atoms with Crippen molar-refractivity contribution in [3.05, 3.63) is 60.2 Å². The van der Waals surface area contributed by atoms with Gasteiger partial charge in [0.1, 0.15) is 5.41 Å². The average Bonchev–Trinajstić information content (AvgIpc) is 3.51. The molecule has 1 aliphatic carbocycles. The van der Waals surface area contributed by atoms with Gasteiger partial charge in [0.05, 0.1) is 18.4 Å². The van der Waals surface area contributed by atoms with Gasteiger partial charge < -0.3 is 15.0 Å². The number of carbonyl (C=O) groups excluding carboxylic acids is 3. The maximum atomic E-state index is 13.1. The van der Waals surface area contributed by atoms with E-state index in [-0.39, 0.29) is 11.5 Å². The lowest BCUT2D eigenvalue weighted by atomic mass is 10.0. The normalized spacial score (nSPS) is 14.1. The van der Waals surface area contributed by atoms with Crippen LogP contribution in [0.2, 0.25) is 0 Å². The molecule has 2 aromatic carbocycles. The molecule has 0 saturated heterocycles. The Labute approximate surface area is 158 Å². The summed E-state index contributed by atoms with van der Waals surface area (Å²) in [6.07, 6.45) is 0.975. The van der Waals surface area contributed by atoms with E-state index in [1.807, 2.05) is 37.3 Å². The van der Waals surface area contributed by atoms with Crippen molar-refractivity contribution in [1.82, 2.24) is 0 Å². The maximum Gasteiger partial charge on any atom is 0.339 e. The molecule has 6 nitrogen and oxygen atoms in total. The Morgan fingerprint density at radius 2 is 1.67 bits per heavy atom. The van der Waals surface area contributed by atoms with Crippen molar-refractivity contribution in [2.24, 2.45) is 5.41 Å². The van der Waals surface area contributed by atoms with E-state index in [2.05, 4.69) is 5.32 Å². The first-order chi connectivity index (χ1) is 13.0. The molecule has 0 aromatic heterocycles. The molecule has 0 atom stereocenters. The van der Waals surface area contributed by atoms with Crippen LogP contribution in [0.3, 0.4) is 0 Å². The molecule has 0 spiro atoms. The molecule has 1 aliphatic rings. The van der Waals surface area contributed by atoms with Gasteiger partial charge in [-0.25, -0.2) is 4.79 Å². The number of esters is 1. The second-order valence-corrected chi connectivity index (χ2v) is 6.46. The van der Waals surface area contributed by atoms with Crippen LogP contribution in [0.25, 0.3) is 0 Å². The Balaban J connectivity index is 1.83. The standard InChI is InChI=1S/C21H22N2O4/c1-3-23(15-9-5-4-6-10-15)20(26)21(13-14-21)19(25)22-17-12-8-7-11-16(17)18(24)27-2/h4-12H,3,13-14H2,1-2H3,(H,22,25). The average molecular weight is 366 g/mol. The van der Waals surface area contributed by atoms with Crippen LogP contribution in [0.1, 0.15) is 30.1 Å². The molecule has 2 aromatic rings. The van der Waals surface area contributed by atoms with Gasteiger partial charge in [-0.05, 0) is 44.0 Å². The van der Waals surface area contributed by atoms with Crippen molar-refractivity contribution in [2.75, 3.05) is 23.9 Å². The number of nitrogens with zero attached hydrogens (tertiary/aromatic N) is 1. The highest BCUT2D eigenvalue weighted by Crippen LogP contribution is 2.48. The smallest absolute Gasteiger partial charge is 0.339 e. The van der Waals surface area contributed by atoms with Gasteiger partial charge in [0, 0.05) is 12.2 Å². The van der Waals surface area contributed by atoms with Crippen molar-refractivity contribution in [1.29, 1.82) is 0 Å². The van der Waals surface area contributed by atoms with Crippen LogP contribution in [0.15, 0.2) is 54.6 Å². The van der Waals surface area contributed by atoms with Crippen LogP contribution < -0.4 is 10.2 Å². The number of hydrogen-bond donors (Lipinski definition) is 1. The molecule has 0 unspecified atom stereocenters. The summed E-state index contributed by atoms with van der Waals surface area (Å²) in [4.78, 5) is 39.6. The highest BCUT2D eigenvalue weighted by Gasteiger charge is 2.58. The fourth-order valence-corrected chi connectivity index (χ4v) is 3.09. The minimum absolute atomic E-state index is 0.218. The zero-order chi connectivity index (χ0) is 19.4. The molecule has 1 saturated carbocycles. The van der Waals surface area contributed by atoms with Crippen LogP contribution in [0, 0.1) is 5.41 Å². The van der Waals surface area contributed by atoms with Crippen molar-refractivity contribution < 1.29 is 19.1 Å². The first kappa shape index (κ1) is 18.6. The zero-order valence-electron chi connectivity index (χ0n) is 15.4.